The van der Waals surface area contributed by atoms with Gasteiger partial charge in [0, 0.05) is 17.5 Å². The summed E-state index contributed by atoms with van der Waals surface area (Å²) in [4.78, 5) is 11.5. The van der Waals surface area contributed by atoms with Gasteiger partial charge in [0.1, 0.15) is 0 Å². The summed E-state index contributed by atoms with van der Waals surface area (Å²) in [5.74, 6) is -0.215. The summed E-state index contributed by atoms with van der Waals surface area (Å²) in [6.07, 6.45) is 2.41. The standard InChI is InChI=1S/C11H11N3O2/c12-8-2-1-7-6-13-14(10(7)5-8)9-3-4-16-11(9)15/h1-2,5-6,9H,3-4,12H2. The summed E-state index contributed by atoms with van der Waals surface area (Å²) in [7, 11) is 0. The van der Waals surface area contributed by atoms with Crippen LogP contribution in [0.1, 0.15) is 12.5 Å². The molecule has 0 radical (unpaired) electrons. The Morgan fingerprint density at radius 1 is 1.50 bits per heavy atom. The zero-order chi connectivity index (χ0) is 11.1. The number of fused-ring (bicyclic) bond motifs is 1. The predicted molar refractivity (Wildman–Crippen MR) is 58.8 cm³/mol. The van der Waals surface area contributed by atoms with Crippen molar-refractivity contribution in [1.82, 2.24) is 9.78 Å². The number of carbonyl (C=O) groups is 1. The average molecular weight is 217 g/mol. The lowest BCUT2D eigenvalue weighted by Crippen LogP contribution is -2.15. The molecular weight excluding hydrogens is 206 g/mol. The Morgan fingerprint density at radius 2 is 2.38 bits per heavy atom. The van der Waals surface area contributed by atoms with Gasteiger partial charge in [-0.15, -0.1) is 0 Å². The molecule has 16 heavy (non-hydrogen) atoms. The molecule has 1 atom stereocenters. The number of cyclic esters (lactones) is 1. The van der Waals surface area contributed by atoms with E-state index in [-0.39, 0.29) is 12.0 Å². The van der Waals surface area contributed by atoms with Crippen molar-refractivity contribution in [2.24, 2.45) is 0 Å². The highest BCUT2D eigenvalue weighted by molar-refractivity contribution is 5.84. The van der Waals surface area contributed by atoms with Crippen LogP contribution in [0.2, 0.25) is 0 Å². The highest BCUT2D eigenvalue weighted by atomic mass is 16.5. The number of anilines is 1. The molecule has 2 aromatic rings. The van der Waals surface area contributed by atoms with E-state index in [1.165, 1.54) is 0 Å². The first-order valence-electron chi connectivity index (χ1n) is 5.15. The molecule has 3 rings (SSSR count). The Morgan fingerprint density at radius 3 is 3.12 bits per heavy atom. The van der Waals surface area contributed by atoms with Gasteiger partial charge in [-0.3, -0.25) is 4.68 Å². The van der Waals surface area contributed by atoms with Crippen molar-refractivity contribution in [3.8, 4) is 0 Å². The Balaban J connectivity index is 2.16. The first-order valence-corrected chi connectivity index (χ1v) is 5.15. The number of carbonyl (C=O) groups excluding carboxylic acids is 1. The van der Waals surface area contributed by atoms with Crippen LogP contribution < -0.4 is 5.73 Å². The first kappa shape index (κ1) is 9.21. The van der Waals surface area contributed by atoms with E-state index in [0.29, 0.717) is 18.7 Å². The van der Waals surface area contributed by atoms with Gasteiger partial charge >= 0.3 is 5.97 Å². The zero-order valence-electron chi connectivity index (χ0n) is 8.59. The number of hydrogen-bond acceptors (Lipinski definition) is 4. The van der Waals surface area contributed by atoms with E-state index in [1.54, 1.807) is 10.9 Å². The number of nitrogen functional groups attached to an aromatic ring is 1. The van der Waals surface area contributed by atoms with E-state index in [4.69, 9.17) is 10.5 Å². The maximum Gasteiger partial charge on any atom is 0.331 e. The lowest BCUT2D eigenvalue weighted by atomic mass is 10.2. The Bertz CT molecular complexity index is 561. The van der Waals surface area contributed by atoms with E-state index >= 15 is 0 Å². The normalized spacial score (nSPS) is 20.2. The van der Waals surface area contributed by atoms with Gasteiger partial charge in [-0.05, 0) is 18.2 Å². The quantitative estimate of drug-likeness (QED) is 0.573. The summed E-state index contributed by atoms with van der Waals surface area (Å²) in [5.41, 5.74) is 7.27. The first-order chi connectivity index (χ1) is 7.75. The minimum Gasteiger partial charge on any atom is -0.464 e. The predicted octanol–water partition coefficient (Wildman–Crippen LogP) is 1.11. The number of esters is 1. The highest BCUT2D eigenvalue weighted by Gasteiger charge is 2.29. The van der Waals surface area contributed by atoms with Crippen molar-refractivity contribution in [2.45, 2.75) is 12.5 Å². The number of nitrogens with two attached hydrogens (primary N) is 1. The largest absolute Gasteiger partial charge is 0.464 e. The monoisotopic (exact) mass is 217 g/mol. The average Bonchev–Trinajstić information content (AvgIpc) is 2.83. The number of benzene rings is 1. The third-order valence-corrected chi connectivity index (χ3v) is 2.83. The summed E-state index contributed by atoms with van der Waals surface area (Å²) in [5, 5.41) is 5.21. The van der Waals surface area contributed by atoms with Crippen molar-refractivity contribution in [1.29, 1.82) is 0 Å². The summed E-state index contributed by atoms with van der Waals surface area (Å²) < 4.78 is 6.63. The molecule has 5 heteroatoms. The SMILES string of the molecule is Nc1ccc2cnn(C3CCOC3=O)c2c1. The number of rotatable bonds is 1. The molecule has 1 saturated heterocycles. The number of hydrogen-bond donors (Lipinski definition) is 1. The second-order valence-corrected chi connectivity index (χ2v) is 3.88. The van der Waals surface area contributed by atoms with E-state index in [2.05, 4.69) is 5.10 Å². The Kier molecular flexibility index (Phi) is 1.86. The van der Waals surface area contributed by atoms with Crippen LogP contribution >= 0.6 is 0 Å². The molecule has 82 valence electrons. The van der Waals surface area contributed by atoms with Gasteiger partial charge in [0.25, 0.3) is 0 Å². The molecule has 1 fully saturated rings. The number of aromatic nitrogens is 2. The molecule has 5 nitrogen and oxygen atoms in total. The van der Waals surface area contributed by atoms with Crippen LogP contribution in [0.25, 0.3) is 10.9 Å². The van der Waals surface area contributed by atoms with Crippen molar-refractivity contribution < 1.29 is 9.53 Å². The summed E-state index contributed by atoms with van der Waals surface area (Å²) in [6.45, 7) is 0.465. The van der Waals surface area contributed by atoms with E-state index in [0.717, 1.165) is 10.9 Å². The van der Waals surface area contributed by atoms with Gasteiger partial charge in [-0.2, -0.15) is 5.10 Å². The minimum absolute atomic E-state index is 0.215. The van der Waals surface area contributed by atoms with Crippen molar-refractivity contribution in [2.75, 3.05) is 12.3 Å². The van der Waals surface area contributed by atoms with E-state index in [9.17, 15) is 4.79 Å². The van der Waals surface area contributed by atoms with Crippen LogP contribution in [0, 0.1) is 0 Å². The Labute approximate surface area is 91.8 Å². The van der Waals surface area contributed by atoms with Crippen LogP contribution in [0.3, 0.4) is 0 Å². The molecule has 0 amide bonds. The minimum atomic E-state index is -0.306. The smallest absolute Gasteiger partial charge is 0.331 e. The second kappa shape index (κ2) is 3.23. The van der Waals surface area contributed by atoms with Gasteiger partial charge in [0.05, 0.1) is 18.3 Å². The molecule has 2 N–H and O–H groups in total. The topological polar surface area (TPSA) is 70.1 Å². The molecule has 0 aliphatic carbocycles. The van der Waals surface area contributed by atoms with Gasteiger partial charge in [-0.1, -0.05) is 0 Å². The zero-order valence-corrected chi connectivity index (χ0v) is 8.59. The van der Waals surface area contributed by atoms with Crippen LogP contribution in [-0.2, 0) is 9.53 Å². The fourth-order valence-corrected chi connectivity index (χ4v) is 2.01. The van der Waals surface area contributed by atoms with Crippen LogP contribution in [0.5, 0.6) is 0 Å². The molecule has 1 aliphatic heterocycles. The van der Waals surface area contributed by atoms with Gasteiger partial charge in [-0.25, -0.2) is 4.79 Å². The number of nitrogens with zero attached hydrogens (tertiary/aromatic N) is 2. The van der Waals surface area contributed by atoms with Gasteiger partial charge in [0.2, 0.25) is 0 Å². The van der Waals surface area contributed by atoms with Crippen molar-refractivity contribution in [3.05, 3.63) is 24.4 Å². The van der Waals surface area contributed by atoms with Gasteiger partial charge in [0.15, 0.2) is 6.04 Å². The van der Waals surface area contributed by atoms with E-state index < -0.39 is 0 Å². The summed E-state index contributed by atoms with van der Waals surface area (Å²) in [6, 6.07) is 5.24. The molecule has 1 unspecified atom stereocenters. The fraction of sp³-hybridized carbons (Fsp3) is 0.273. The maximum absolute atomic E-state index is 11.5. The number of ether oxygens (including phenoxy) is 1. The van der Waals surface area contributed by atoms with Crippen molar-refractivity contribution >= 4 is 22.6 Å². The molecular formula is C11H11N3O2. The lowest BCUT2D eigenvalue weighted by molar-refractivity contribution is -0.140. The molecule has 1 aromatic carbocycles. The van der Waals surface area contributed by atoms with Crippen LogP contribution in [0.4, 0.5) is 5.69 Å². The maximum atomic E-state index is 11.5. The van der Waals surface area contributed by atoms with Crippen molar-refractivity contribution in [3.63, 3.8) is 0 Å². The van der Waals surface area contributed by atoms with Crippen LogP contribution in [-0.4, -0.2) is 22.4 Å². The summed E-state index contributed by atoms with van der Waals surface area (Å²) >= 11 is 0. The van der Waals surface area contributed by atoms with Gasteiger partial charge < -0.3 is 10.5 Å². The molecule has 0 spiro atoms. The molecule has 1 aromatic heterocycles. The van der Waals surface area contributed by atoms with Crippen LogP contribution in [0.15, 0.2) is 24.4 Å². The fourth-order valence-electron chi connectivity index (χ4n) is 2.01. The molecule has 0 bridgehead atoms. The molecule has 0 saturated carbocycles. The third-order valence-electron chi connectivity index (χ3n) is 2.83. The second-order valence-electron chi connectivity index (χ2n) is 3.88. The highest BCUT2D eigenvalue weighted by Crippen LogP contribution is 2.25. The molecule has 2 heterocycles. The van der Waals surface area contributed by atoms with E-state index in [1.807, 2.05) is 18.2 Å². The molecule has 1 aliphatic rings. The third kappa shape index (κ3) is 1.25. The lowest BCUT2D eigenvalue weighted by Gasteiger charge is -2.07. The Hall–Kier alpha value is -2.04.